The summed E-state index contributed by atoms with van der Waals surface area (Å²) in [7, 11) is 0. The van der Waals surface area contributed by atoms with Crippen molar-refractivity contribution in [3.8, 4) is 0 Å². The van der Waals surface area contributed by atoms with Gasteiger partial charge in [0, 0.05) is 22.1 Å². The zero-order chi connectivity index (χ0) is 15.2. The zero-order valence-corrected chi connectivity index (χ0v) is 14.6. The molecule has 0 aliphatic carbocycles. The van der Waals surface area contributed by atoms with Crippen LogP contribution in [0, 0.1) is 0 Å². The quantitative estimate of drug-likeness (QED) is 0.798. The fourth-order valence-electron chi connectivity index (χ4n) is 3.14. The van der Waals surface area contributed by atoms with Gasteiger partial charge in [-0.25, -0.2) is 0 Å². The number of nitrogens with one attached hydrogen (secondary N) is 1. The molecule has 0 aromatic heterocycles. The first-order chi connectivity index (χ1) is 10.1. The summed E-state index contributed by atoms with van der Waals surface area (Å²) < 4.78 is 0. The Balaban J connectivity index is 1.94. The molecule has 1 saturated heterocycles. The highest BCUT2D eigenvalue weighted by atomic mass is 35.5. The maximum Gasteiger partial charge on any atom is 0.0468 e. The van der Waals surface area contributed by atoms with Gasteiger partial charge >= 0.3 is 0 Å². The Morgan fingerprint density at radius 3 is 2.52 bits per heavy atom. The van der Waals surface area contributed by atoms with Crippen LogP contribution in [0.1, 0.15) is 51.1 Å². The van der Waals surface area contributed by atoms with Gasteiger partial charge in [0.1, 0.15) is 0 Å². The molecule has 1 unspecified atom stereocenters. The number of nitrogens with zero attached hydrogens (tertiary/aromatic N) is 1. The van der Waals surface area contributed by atoms with Crippen molar-refractivity contribution in [1.29, 1.82) is 0 Å². The molecule has 0 radical (unpaired) electrons. The number of likely N-dealkylation sites (tertiary alicyclic amines) is 1. The average molecular weight is 329 g/mol. The molecule has 0 bridgehead atoms. The van der Waals surface area contributed by atoms with E-state index in [1.807, 2.05) is 12.1 Å². The van der Waals surface area contributed by atoms with Crippen LogP contribution in [0.3, 0.4) is 0 Å². The van der Waals surface area contributed by atoms with E-state index >= 15 is 0 Å². The molecular weight excluding hydrogens is 303 g/mol. The molecular formula is C17H26Cl2N2. The van der Waals surface area contributed by atoms with Crippen molar-refractivity contribution in [2.24, 2.45) is 0 Å². The van der Waals surface area contributed by atoms with Crippen LogP contribution in [-0.2, 0) is 0 Å². The lowest BCUT2D eigenvalue weighted by molar-refractivity contribution is 0.190. The minimum Gasteiger partial charge on any atom is -0.307 e. The second-order valence-electron chi connectivity index (χ2n) is 5.91. The molecule has 1 aromatic rings. The lowest BCUT2D eigenvalue weighted by Gasteiger charge is -2.34. The molecule has 2 rings (SSSR count). The molecule has 0 amide bonds. The van der Waals surface area contributed by atoms with Crippen molar-refractivity contribution in [1.82, 2.24) is 10.2 Å². The predicted octanol–water partition coefficient (Wildman–Crippen LogP) is 4.91. The van der Waals surface area contributed by atoms with Crippen LogP contribution in [0.4, 0.5) is 0 Å². The van der Waals surface area contributed by atoms with Gasteiger partial charge in [-0.3, -0.25) is 0 Å². The molecule has 4 heteroatoms. The maximum absolute atomic E-state index is 6.35. The molecule has 0 spiro atoms. The van der Waals surface area contributed by atoms with Gasteiger partial charge in [0.05, 0.1) is 0 Å². The Bertz CT molecular complexity index is 442. The Kier molecular flexibility index (Phi) is 6.81. The van der Waals surface area contributed by atoms with E-state index in [0.717, 1.165) is 11.4 Å². The normalized spacial score (nSPS) is 18.9. The van der Waals surface area contributed by atoms with Crippen molar-refractivity contribution in [3.05, 3.63) is 33.8 Å². The third-order valence-corrected chi connectivity index (χ3v) is 4.87. The monoisotopic (exact) mass is 328 g/mol. The molecule has 1 aliphatic rings. The van der Waals surface area contributed by atoms with E-state index in [9.17, 15) is 0 Å². The Labute approximate surface area is 138 Å². The maximum atomic E-state index is 6.35. The van der Waals surface area contributed by atoms with E-state index in [1.165, 1.54) is 44.5 Å². The summed E-state index contributed by atoms with van der Waals surface area (Å²) in [5.41, 5.74) is 1.17. The number of halogens is 2. The van der Waals surface area contributed by atoms with Crippen molar-refractivity contribution in [2.75, 3.05) is 19.6 Å². The largest absolute Gasteiger partial charge is 0.307 e. The van der Waals surface area contributed by atoms with Gasteiger partial charge in [-0.05, 0) is 63.0 Å². The van der Waals surface area contributed by atoms with Crippen molar-refractivity contribution >= 4 is 23.2 Å². The molecule has 0 saturated carbocycles. The minimum absolute atomic E-state index is 0.317. The van der Waals surface area contributed by atoms with Gasteiger partial charge in [0.15, 0.2) is 0 Å². The van der Waals surface area contributed by atoms with Gasteiger partial charge in [0.2, 0.25) is 0 Å². The van der Waals surface area contributed by atoms with E-state index in [-0.39, 0.29) is 0 Å². The van der Waals surface area contributed by atoms with Crippen molar-refractivity contribution in [2.45, 2.75) is 51.6 Å². The van der Waals surface area contributed by atoms with Crippen LogP contribution in [0.25, 0.3) is 0 Å². The van der Waals surface area contributed by atoms with Gasteiger partial charge in [-0.2, -0.15) is 0 Å². The van der Waals surface area contributed by atoms with Gasteiger partial charge in [-0.1, -0.05) is 43.1 Å². The van der Waals surface area contributed by atoms with E-state index in [1.54, 1.807) is 0 Å². The Morgan fingerprint density at radius 1 is 1.24 bits per heavy atom. The summed E-state index contributed by atoms with van der Waals surface area (Å²) in [5, 5.41) is 5.26. The molecule has 1 N–H and O–H groups in total. The number of benzene rings is 1. The summed E-state index contributed by atoms with van der Waals surface area (Å²) in [6.45, 7) is 8.09. The number of rotatable bonds is 6. The van der Waals surface area contributed by atoms with Gasteiger partial charge in [0.25, 0.3) is 0 Å². The molecule has 2 nitrogen and oxygen atoms in total. The van der Waals surface area contributed by atoms with Crippen molar-refractivity contribution in [3.63, 3.8) is 0 Å². The zero-order valence-electron chi connectivity index (χ0n) is 13.0. The summed E-state index contributed by atoms with van der Waals surface area (Å²) in [5.74, 6) is 0. The van der Waals surface area contributed by atoms with Crippen LogP contribution in [0.2, 0.25) is 10.0 Å². The average Bonchev–Trinajstić information content (AvgIpc) is 2.47. The van der Waals surface area contributed by atoms with E-state index in [4.69, 9.17) is 23.2 Å². The second kappa shape index (κ2) is 8.38. The smallest absolute Gasteiger partial charge is 0.0468 e. The first kappa shape index (κ1) is 17.1. The summed E-state index contributed by atoms with van der Waals surface area (Å²) >= 11 is 12.3. The predicted molar refractivity (Wildman–Crippen MR) is 92.4 cm³/mol. The summed E-state index contributed by atoms with van der Waals surface area (Å²) in [4.78, 5) is 2.56. The van der Waals surface area contributed by atoms with Crippen LogP contribution in [-0.4, -0.2) is 30.6 Å². The topological polar surface area (TPSA) is 15.3 Å². The summed E-state index contributed by atoms with van der Waals surface area (Å²) in [6.07, 6.45) is 4.73. The SMILES string of the molecule is CCCN1CCC(NC(CC)c2ccc(Cl)cc2Cl)CC1. The van der Waals surface area contributed by atoms with Gasteiger partial charge in [-0.15, -0.1) is 0 Å². The van der Waals surface area contributed by atoms with E-state index in [0.29, 0.717) is 17.1 Å². The third-order valence-electron chi connectivity index (χ3n) is 4.31. The molecule has 1 atom stereocenters. The highest BCUT2D eigenvalue weighted by Crippen LogP contribution is 2.29. The number of hydrogen-bond acceptors (Lipinski definition) is 2. The highest BCUT2D eigenvalue weighted by Gasteiger charge is 2.22. The fourth-order valence-corrected chi connectivity index (χ4v) is 3.68. The fraction of sp³-hybridized carbons (Fsp3) is 0.647. The van der Waals surface area contributed by atoms with Crippen LogP contribution in [0.5, 0.6) is 0 Å². The van der Waals surface area contributed by atoms with E-state index < -0.39 is 0 Å². The molecule has 118 valence electrons. The number of hydrogen-bond donors (Lipinski definition) is 1. The molecule has 1 fully saturated rings. The second-order valence-corrected chi connectivity index (χ2v) is 6.75. The standard InChI is InChI=1S/C17H26Cl2N2/c1-3-9-21-10-7-14(8-11-21)20-17(4-2)15-6-5-13(18)12-16(15)19/h5-6,12,14,17,20H,3-4,7-11H2,1-2H3. The highest BCUT2D eigenvalue weighted by molar-refractivity contribution is 6.35. The Hall–Kier alpha value is -0.280. The first-order valence-electron chi connectivity index (χ1n) is 8.07. The van der Waals surface area contributed by atoms with Crippen LogP contribution in [0.15, 0.2) is 18.2 Å². The lowest BCUT2D eigenvalue weighted by Crippen LogP contribution is -2.43. The van der Waals surface area contributed by atoms with Crippen LogP contribution >= 0.6 is 23.2 Å². The Morgan fingerprint density at radius 2 is 1.95 bits per heavy atom. The first-order valence-corrected chi connectivity index (χ1v) is 8.83. The molecule has 1 aliphatic heterocycles. The van der Waals surface area contributed by atoms with Crippen LogP contribution < -0.4 is 5.32 Å². The lowest BCUT2D eigenvalue weighted by atomic mass is 9.99. The minimum atomic E-state index is 0.317. The molecule has 21 heavy (non-hydrogen) atoms. The van der Waals surface area contributed by atoms with E-state index in [2.05, 4.69) is 30.1 Å². The number of piperidine rings is 1. The molecule has 1 heterocycles. The third kappa shape index (κ3) is 4.85. The van der Waals surface area contributed by atoms with Crippen molar-refractivity contribution < 1.29 is 0 Å². The van der Waals surface area contributed by atoms with Gasteiger partial charge < -0.3 is 10.2 Å². The molecule has 1 aromatic carbocycles. The summed E-state index contributed by atoms with van der Waals surface area (Å²) in [6, 6.07) is 6.73.